The van der Waals surface area contributed by atoms with Gasteiger partial charge in [0.15, 0.2) is 11.6 Å². The summed E-state index contributed by atoms with van der Waals surface area (Å²) in [5, 5.41) is 6.16. The average Bonchev–Trinajstić information content (AvgIpc) is 1.77. The van der Waals surface area contributed by atoms with Gasteiger partial charge in [-0.3, -0.25) is 0 Å². The third-order valence-electron chi connectivity index (χ3n) is 0.637. The van der Waals surface area contributed by atoms with Crippen molar-refractivity contribution in [2.45, 2.75) is 0 Å². The molecule has 0 N–H and O–H groups in total. The maximum absolute atomic E-state index is 11.8. The zero-order valence-electron chi connectivity index (χ0n) is 3.81. The van der Waals surface area contributed by atoms with E-state index in [0.717, 1.165) is 12.4 Å². The van der Waals surface area contributed by atoms with Crippen LogP contribution in [0, 0.1) is 11.6 Å². The molecule has 1 heterocycles. The van der Waals surface area contributed by atoms with Crippen molar-refractivity contribution in [3.8, 4) is 0 Å². The van der Waals surface area contributed by atoms with Gasteiger partial charge in [-0.2, -0.15) is 10.2 Å². The monoisotopic (exact) mass is 116 g/mol. The summed E-state index contributed by atoms with van der Waals surface area (Å²) in [7, 11) is 0. The first kappa shape index (κ1) is 5.08. The number of halogens is 2. The highest BCUT2D eigenvalue weighted by molar-refractivity contribution is 4.90. The summed E-state index contributed by atoms with van der Waals surface area (Å²) < 4.78 is 23.7. The Labute approximate surface area is 44.2 Å². The van der Waals surface area contributed by atoms with Crippen LogP contribution in [0.4, 0.5) is 8.78 Å². The van der Waals surface area contributed by atoms with Gasteiger partial charge in [0.25, 0.3) is 0 Å². The number of nitrogens with zero attached hydrogens (tertiary/aromatic N) is 2. The molecule has 0 amide bonds. The van der Waals surface area contributed by atoms with E-state index in [4.69, 9.17) is 0 Å². The van der Waals surface area contributed by atoms with Crippen LogP contribution in [-0.4, -0.2) is 10.2 Å². The van der Waals surface area contributed by atoms with E-state index in [-0.39, 0.29) is 0 Å². The Hall–Kier alpha value is -1.06. The van der Waals surface area contributed by atoms with E-state index in [2.05, 4.69) is 10.2 Å². The lowest BCUT2D eigenvalue weighted by atomic mass is 10.5. The molecule has 0 bridgehead atoms. The molecule has 0 saturated carbocycles. The molecule has 0 atom stereocenters. The molecular weight excluding hydrogens is 114 g/mol. The second-order valence-corrected chi connectivity index (χ2v) is 1.19. The molecule has 2 nitrogen and oxygen atoms in total. The second-order valence-electron chi connectivity index (χ2n) is 1.19. The fourth-order valence-electron chi connectivity index (χ4n) is 0.291. The maximum atomic E-state index is 11.8. The predicted molar refractivity (Wildman–Crippen MR) is 21.9 cm³/mol. The smallest absolute Gasteiger partial charge is 0.180 e. The molecule has 0 aliphatic rings. The van der Waals surface area contributed by atoms with Crippen molar-refractivity contribution in [3.05, 3.63) is 24.0 Å². The van der Waals surface area contributed by atoms with Crippen LogP contribution < -0.4 is 0 Å². The van der Waals surface area contributed by atoms with Crippen LogP contribution in [0.15, 0.2) is 12.4 Å². The molecule has 0 fully saturated rings. The largest absolute Gasteiger partial charge is 0.202 e. The van der Waals surface area contributed by atoms with Crippen LogP contribution >= 0.6 is 0 Å². The zero-order valence-corrected chi connectivity index (χ0v) is 3.81. The molecule has 0 aliphatic carbocycles. The Bertz CT molecular complexity index is 168. The molecule has 1 rings (SSSR count). The SMILES string of the molecule is Fc1cnncc1F. The minimum absolute atomic E-state index is 0.718. The van der Waals surface area contributed by atoms with Gasteiger partial charge < -0.3 is 0 Å². The molecular formula is C4H2F2N2. The van der Waals surface area contributed by atoms with Gasteiger partial charge in [-0.05, 0) is 0 Å². The van der Waals surface area contributed by atoms with Gasteiger partial charge in [-0.15, -0.1) is 0 Å². The lowest BCUT2D eigenvalue weighted by Gasteiger charge is -1.83. The summed E-state index contributed by atoms with van der Waals surface area (Å²) in [5.41, 5.74) is 0. The van der Waals surface area contributed by atoms with Gasteiger partial charge in [0, 0.05) is 0 Å². The normalized spacial score (nSPS) is 9.25. The van der Waals surface area contributed by atoms with Crippen molar-refractivity contribution in [1.82, 2.24) is 10.2 Å². The highest BCUT2D eigenvalue weighted by Crippen LogP contribution is 1.96. The zero-order chi connectivity index (χ0) is 5.98. The van der Waals surface area contributed by atoms with E-state index in [0.29, 0.717) is 0 Å². The first-order valence-corrected chi connectivity index (χ1v) is 1.92. The summed E-state index contributed by atoms with van der Waals surface area (Å²) in [6, 6.07) is 0. The van der Waals surface area contributed by atoms with E-state index in [9.17, 15) is 8.78 Å². The van der Waals surface area contributed by atoms with Crippen LogP contribution in [0.3, 0.4) is 0 Å². The number of hydrogen-bond donors (Lipinski definition) is 0. The van der Waals surface area contributed by atoms with Gasteiger partial charge in [0.2, 0.25) is 0 Å². The van der Waals surface area contributed by atoms with Gasteiger partial charge in [-0.1, -0.05) is 0 Å². The van der Waals surface area contributed by atoms with Gasteiger partial charge in [0.1, 0.15) is 0 Å². The molecule has 0 aliphatic heterocycles. The standard InChI is InChI=1S/C4H2F2N2/c5-3-1-7-8-2-4(3)6/h1-2H. The van der Waals surface area contributed by atoms with Crippen molar-refractivity contribution in [3.63, 3.8) is 0 Å². The van der Waals surface area contributed by atoms with Gasteiger partial charge >= 0.3 is 0 Å². The van der Waals surface area contributed by atoms with E-state index in [1.807, 2.05) is 0 Å². The minimum atomic E-state index is -0.972. The second kappa shape index (κ2) is 1.81. The third kappa shape index (κ3) is 0.776. The quantitative estimate of drug-likeness (QED) is 0.500. The Morgan fingerprint density at radius 2 is 1.38 bits per heavy atom. The molecule has 8 heavy (non-hydrogen) atoms. The van der Waals surface area contributed by atoms with Crippen molar-refractivity contribution >= 4 is 0 Å². The molecule has 42 valence electrons. The molecule has 0 radical (unpaired) electrons. The first-order valence-electron chi connectivity index (χ1n) is 1.92. The Kier molecular flexibility index (Phi) is 1.15. The van der Waals surface area contributed by atoms with Crippen LogP contribution in [0.1, 0.15) is 0 Å². The summed E-state index contributed by atoms with van der Waals surface area (Å²) in [6.45, 7) is 0. The summed E-state index contributed by atoms with van der Waals surface area (Å²) in [4.78, 5) is 0. The van der Waals surface area contributed by atoms with Crippen molar-refractivity contribution in [2.24, 2.45) is 0 Å². The van der Waals surface area contributed by atoms with Crippen molar-refractivity contribution in [2.75, 3.05) is 0 Å². The fourth-order valence-corrected chi connectivity index (χ4v) is 0.291. The van der Waals surface area contributed by atoms with E-state index >= 15 is 0 Å². The van der Waals surface area contributed by atoms with E-state index in [1.165, 1.54) is 0 Å². The third-order valence-corrected chi connectivity index (χ3v) is 0.637. The summed E-state index contributed by atoms with van der Waals surface area (Å²) in [5.74, 6) is -1.94. The molecule has 1 aromatic heterocycles. The van der Waals surface area contributed by atoms with E-state index in [1.54, 1.807) is 0 Å². The lowest BCUT2D eigenvalue weighted by molar-refractivity contribution is 0.495. The molecule has 0 aromatic carbocycles. The Morgan fingerprint density at radius 1 is 1.00 bits per heavy atom. The average molecular weight is 116 g/mol. The summed E-state index contributed by atoms with van der Waals surface area (Å²) in [6.07, 6.45) is 1.44. The Balaban J connectivity index is 3.13. The maximum Gasteiger partial charge on any atom is 0.180 e. The molecule has 4 heteroatoms. The van der Waals surface area contributed by atoms with Crippen LogP contribution in [-0.2, 0) is 0 Å². The molecule has 0 saturated heterocycles. The number of aromatic nitrogens is 2. The van der Waals surface area contributed by atoms with Crippen LogP contribution in [0.5, 0.6) is 0 Å². The van der Waals surface area contributed by atoms with Gasteiger partial charge in [0.05, 0.1) is 12.4 Å². The van der Waals surface area contributed by atoms with E-state index < -0.39 is 11.6 Å². The van der Waals surface area contributed by atoms with Gasteiger partial charge in [-0.25, -0.2) is 8.78 Å². The number of hydrogen-bond acceptors (Lipinski definition) is 2. The summed E-state index contributed by atoms with van der Waals surface area (Å²) >= 11 is 0. The highest BCUT2D eigenvalue weighted by Gasteiger charge is 1.96. The Morgan fingerprint density at radius 3 is 1.62 bits per heavy atom. The fraction of sp³-hybridized carbons (Fsp3) is 0. The molecule has 0 spiro atoms. The van der Waals surface area contributed by atoms with Crippen LogP contribution in [0.2, 0.25) is 0 Å². The topological polar surface area (TPSA) is 25.8 Å². The van der Waals surface area contributed by atoms with Crippen molar-refractivity contribution in [1.29, 1.82) is 0 Å². The number of rotatable bonds is 0. The minimum Gasteiger partial charge on any atom is -0.202 e. The highest BCUT2D eigenvalue weighted by atomic mass is 19.2. The first-order chi connectivity index (χ1) is 3.80. The molecule has 0 unspecified atom stereocenters. The predicted octanol–water partition coefficient (Wildman–Crippen LogP) is 0.755. The van der Waals surface area contributed by atoms with Crippen molar-refractivity contribution < 1.29 is 8.78 Å². The molecule has 1 aromatic rings. The lowest BCUT2D eigenvalue weighted by Crippen LogP contribution is -1.86. The van der Waals surface area contributed by atoms with Crippen LogP contribution in [0.25, 0.3) is 0 Å².